The zero-order chi connectivity index (χ0) is 21.8. The number of benzene rings is 2. The van der Waals surface area contributed by atoms with Crippen molar-refractivity contribution in [1.82, 2.24) is 9.78 Å². The Balaban J connectivity index is 1.64. The average molecular weight is 429 g/mol. The minimum absolute atomic E-state index is 0.312. The maximum Gasteiger partial charge on any atom is 0.326 e. The Morgan fingerprint density at radius 3 is 2.23 bits per heavy atom. The second kappa shape index (κ2) is 6.84. The van der Waals surface area contributed by atoms with E-state index in [-0.39, 0.29) is 5.82 Å². The van der Waals surface area contributed by atoms with Gasteiger partial charge < -0.3 is 5.32 Å². The molecule has 0 aliphatic carbocycles. The van der Waals surface area contributed by atoms with E-state index in [0.717, 1.165) is 5.56 Å². The Bertz CT molecular complexity index is 1270. The smallest absolute Gasteiger partial charge is 0.320 e. The van der Waals surface area contributed by atoms with Crippen LogP contribution in [0.1, 0.15) is 16.1 Å². The molecule has 0 bridgehead atoms. The zero-order valence-electron chi connectivity index (χ0n) is 16.8. The van der Waals surface area contributed by atoms with Crippen LogP contribution in [0.4, 0.5) is 21.5 Å². The lowest BCUT2D eigenvalue weighted by Gasteiger charge is -2.13. The average Bonchev–Trinajstić information content (AvgIpc) is 3.16. The van der Waals surface area contributed by atoms with E-state index >= 15 is 0 Å². The lowest BCUT2D eigenvalue weighted by Crippen LogP contribution is -2.32. The summed E-state index contributed by atoms with van der Waals surface area (Å²) in [4.78, 5) is 12.9. The van der Waals surface area contributed by atoms with E-state index in [9.17, 15) is 17.6 Å². The Labute approximate surface area is 173 Å². The lowest BCUT2D eigenvalue weighted by atomic mass is 10.1. The minimum Gasteiger partial charge on any atom is -0.320 e. The van der Waals surface area contributed by atoms with Crippen LogP contribution in [-0.4, -0.2) is 38.2 Å². The molecule has 0 fully saturated rings. The molecular weight excluding hydrogens is 409 g/mol. The normalized spacial score (nSPS) is 14.7. The molecule has 0 radical (unpaired) electrons. The standard InChI is InChI=1S/C20H20FN5O3S/c1-12-9-17-18(26(4)30(28,29)25(17)3)10-15(12)22-20(27)19-11-16(23-24(19)2)13-5-7-14(21)8-6-13/h5-11H,1-4H3,(H,22,27). The molecule has 10 heteroatoms. The van der Waals surface area contributed by atoms with Crippen LogP contribution in [0.3, 0.4) is 0 Å². The Hall–Kier alpha value is -3.40. The number of rotatable bonds is 3. The van der Waals surface area contributed by atoms with Gasteiger partial charge in [0.25, 0.3) is 5.91 Å². The van der Waals surface area contributed by atoms with Gasteiger partial charge in [-0.1, -0.05) is 0 Å². The molecule has 2 aromatic carbocycles. The van der Waals surface area contributed by atoms with Gasteiger partial charge in [0.05, 0.1) is 17.1 Å². The summed E-state index contributed by atoms with van der Waals surface area (Å²) in [7, 11) is 1.000. The molecule has 0 saturated heterocycles. The molecule has 3 aromatic rings. The van der Waals surface area contributed by atoms with Crippen molar-refractivity contribution in [3.63, 3.8) is 0 Å². The van der Waals surface area contributed by atoms with Crippen molar-refractivity contribution in [2.75, 3.05) is 28.0 Å². The number of hydrogen-bond acceptors (Lipinski definition) is 4. The summed E-state index contributed by atoms with van der Waals surface area (Å²) in [6.45, 7) is 1.79. The van der Waals surface area contributed by atoms with Crippen LogP contribution in [0.2, 0.25) is 0 Å². The van der Waals surface area contributed by atoms with Gasteiger partial charge in [-0.2, -0.15) is 13.5 Å². The fourth-order valence-electron chi connectivity index (χ4n) is 3.38. The van der Waals surface area contributed by atoms with Crippen LogP contribution in [0.25, 0.3) is 11.3 Å². The molecule has 8 nitrogen and oxygen atoms in total. The Morgan fingerprint density at radius 1 is 1.00 bits per heavy atom. The van der Waals surface area contributed by atoms with Gasteiger partial charge in [-0.15, -0.1) is 0 Å². The molecule has 2 heterocycles. The molecule has 4 rings (SSSR count). The Morgan fingerprint density at radius 2 is 1.60 bits per heavy atom. The number of hydrogen-bond donors (Lipinski definition) is 1. The first-order valence-corrected chi connectivity index (χ1v) is 10.5. The Kier molecular flexibility index (Phi) is 4.53. The van der Waals surface area contributed by atoms with Crippen LogP contribution in [0, 0.1) is 12.7 Å². The molecule has 1 aliphatic heterocycles. The number of nitrogens with one attached hydrogen (secondary N) is 1. The summed E-state index contributed by atoms with van der Waals surface area (Å²) < 4.78 is 41.7. The SMILES string of the molecule is Cc1cc2c(cc1NC(=O)c1cc(-c3ccc(F)cc3)nn1C)N(C)S(=O)(=O)N2C. The largest absolute Gasteiger partial charge is 0.326 e. The van der Waals surface area contributed by atoms with E-state index in [1.54, 1.807) is 44.3 Å². The van der Waals surface area contributed by atoms with Crippen molar-refractivity contribution in [2.45, 2.75) is 6.92 Å². The molecule has 0 atom stereocenters. The third-order valence-corrected chi connectivity index (χ3v) is 6.97. The van der Waals surface area contributed by atoms with Crippen LogP contribution >= 0.6 is 0 Å². The van der Waals surface area contributed by atoms with Gasteiger partial charge in [0.1, 0.15) is 11.5 Å². The van der Waals surface area contributed by atoms with Crippen molar-refractivity contribution in [2.24, 2.45) is 7.05 Å². The number of amides is 1. The molecule has 1 aromatic heterocycles. The molecule has 1 aliphatic rings. The maximum absolute atomic E-state index is 13.2. The van der Waals surface area contributed by atoms with Gasteiger partial charge in [-0.05, 0) is 55.0 Å². The monoisotopic (exact) mass is 429 g/mol. The predicted octanol–water partition coefficient (Wildman–Crippen LogP) is 2.92. The highest BCUT2D eigenvalue weighted by molar-refractivity contribution is 7.94. The minimum atomic E-state index is -3.60. The molecule has 156 valence electrons. The van der Waals surface area contributed by atoms with Crippen LogP contribution < -0.4 is 13.9 Å². The molecule has 0 unspecified atom stereocenters. The highest BCUT2D eigenvalue weighted by atomic mass is 32.2. The molecular formula is C20H20FN5O3S. The second-order valence-corrected chi connectivity index (χ2v) is 9.09. The first kappa shape index (κ1) is 19.9. The fraction of sp³-hybridized carbons (Fsp3) is 0.200. The van der Waals surface area contributed by atoms with E-state index < -0.39 is 16.1 Å². The third kappa shape index (κ3) is 3.09. The quantitative estimate of drug-likeness (QED) is 0.694. The van der Waals surface area contributed by atoms with Crippen LogP contribution in [0.15, 0.2) is 42.5 Å². The second-order valence-electron chi connectivity index (χ2n) is 7.10. The van der Waals surface area contributed by atoms with Crippen molar-refractivity contribution in [1.29, 1.82) is 0 Å². The highest BCUT2D eigenvalue weighted by Gasteiger charge is 2.36. The topological polar surface area (TPSA) is 87.5 Å². The number of halogens is 1. The zero-order valence-corrected chi connectivity index (χ0v) is 17.7. The summed E-state index contributed by atoms with van der Waals surface area (Å²) in [6.07, 6.45) is 0. The molecule has 1 N–H and O–H groups in total. The number of fused-ring (bicyclic) bond motifs is 1. The number of anilines is 3. The summed E-state index contributed by atoms with van der Waals surface area (Å²) in [5.74, 6) is -0.740. The lowest BCUT2D eigenvalue weighted by molar-refractivity contribution is 0.101. The number of carbonyl (C=O) groups is 1. The van der Waals surface area contributed by atoms with Crippen molar-refractivity contribution in [3.8, 4) is 11.3 Å². The van der Waals surface area contributed by atoms with Gasteiger partial charge >= 0.3 is 10.2 Å². The van der Waals surface area contributed by atoms with Crippen LogP contribution in [-0.2, 0) is 17.3 Å². The van der Waals surface area contributed by atoms with E-state index in [0.29, 0.717) is 34.0 Å². The first-order chi connectivity index (χ1) is 14.1. The van der Waals surface area contributed by atoms with Gasteiger partial charge in [0.2, 0.25) is 0 Å². The van der Waals surface area contributed by atoms with Gasteiger partial charge in [0, 0.05) is 32.4 Å². The van der Waals surface area contributed by atoms with E-state index in [1.165, 1.54) is 39.5 Å². The third-order valence-electron chi connectivity index (χ3n) is 5.19. The summed E-state index contributed by atoms with van der Waals surface area (Å²) in [5, 5.41) is 7.17. The highest BCUT2D eigenvalue weighted by Crippen LogP contribution is 2.42. The number of aryl methyl sites for hydroxylation is 2. The number of nitrogens with zero attached hydrogens (tertiary/aromatic N) is 4. The summed E-state index contributed by atoms with van der Waals surface area (Å²) in [5.41, 5.74) is 3.80. The van der Waals surface area contributed by atoms with Gasteiger partial charge in [-0.25, -0.2) is 4.39 Å². The summed E-state index contributed by atoms with van der Waals surface area (Å²) in [6, 6.07) is 10.8. The van der Waals surface area contributed by atoms with E-state index in [4.69, 9.17) is 0 Å². The first-order valence-electron chi connectivity index (χ1n) is 9.08. The fourth-order valence-corrected chi connectivity index (χ4v) is 4.54. The van der Waals surface area contributed by atoms with Crippen molar-refractivity contribution in [3.05, 3.63) is 59.5 Å². The van der Waals surface area contributed by atoms with E-state index in [1.807, 2.05) is 0 Å². The predicted molar refractivity (Wildman–Crippen MR) is 113 cm³/mol. The van der Waals surface area contributed by atoms with E-state index in [2.05, 4.69) is 10.4 Å². The summed E-state index contributed by atoms with van der Waals surface area (Å²) >= 11 is 0. The van der Waals surface area contributed by atoms with Crippen molar-refractivity contribution < 1.29 is 17.6 Å². The number of carbonyl (C=O) groups excluding carboxylic acids is 1. The van der Waals surface area contributed by atoms with Gasteiger partial charge in [0.15, 0.2) is 0 Å². The van der Waals surface area contributed by atoms with Crippen molar-refractivity contribution >= 4 is 33.2 Å². The van der Waals surface area contributed by atoms with Gasteiger partial charge in [-0.3, -0.25) is 18.1 Å². The molecule has 0 spiro atoms. The molecule has 1 amide bonds. The van der Waals surface area contributed by atoms with Crippen LogP contribution in [0.5, 0.6) is 0 Å². The molecule has 30 heavy (non-hydrogen) atoms. The maximum atomic E-state index is 13.2. The molecule has 0 saturated carbocycles. The number of aromatic nitrogens is 2.